The van der Waals surface area contributed by atoms with Crippen molar-refractivity contribution in [3.63, 3.8) is 0 Å². The van der Waals surface area contributed by atoms with Crippen LogP contribution in [-0.4, -0.2) is 11.7 Å². The Kier molecular flexibility index (Phi) is 4.54. The van der Waals surface area contributed by atoms with Crippen LogP contribution in [-0.2, 0) is 6.54 Å². The van der Waals surface area contributed by atoms with Gasteiger partial charge in [-0.05, 0) is 19.9 Å². The minimum atomic E-state index is 0.796. The largest absolute Gasteiger partial charge is 0.360 e. The first-order valence-corrected chi connectivity index (χ1v) is 4.96. The standard InChI is InChI=1S/C10H18N2O/c1-3-4-5-6-11-8-10-7-9(2)12-13-10/h7,11H,3-6,8H2,1-2H3. The van der Waals surface area contributed by atoms with Crippen molar-refractivity contribution in [1.82, 2.24) is 10.5 Å². The molecule has 0 aromatic carbocycles. The van der Waals surface area contributed by atoms with E-state index in [-0.39, 0.29) is 0 Å². The molecule has 74 valence electrons. The first kappa shape index (κ1) is 10.3. The second kappa shape index (κ2) is 5.75. The van der Waals surface area contributed by atoms with Crippen LogP contribution >= 0.6 is 0 Å². The molecular weight excluding hydrogens is 164 g/mol. The summed E-state index contributed by atoms with van der Waals surface area (Å²) in [4.78, 5) is 0. The van der Waals surface area contributed by atoms with Gasteiger partial charge < -0.3 is 9.84 Å². The Morgan fingerprint density at radius 1 is 1.46 bits per heavy atom. The van der Waals surface area contributed by atoms with E-state index in [9.17, 15) is 0 Å². The molecule has 1 aromatic heterocycles. The van der Waals surface area contributed by atoms with E-state index in [1.54, 1.807) is 0 Å². The van der Waals surface area contributed by atoms with E-state index in [1.807, 2.05) is 13.0 Å². The maximum absolute atomic E-state index is 5.06. The third kappa shape index (κ3) is 4.08. The molecule has 0 aliphatic rings. The Hall–Kier alpha value is -0.830. The molecule has 0 saturated carbocycles. The Labute approximate surface area is 79.5 Å². The third-order valence-electron chi connectivity index (χ3n) is 1.93. The Balaban J connectivity index is 2.06. The molecule has 0 aliphatic heterocycles. The van der Waals surface area contributed by atoms with Gasteiger partial charge in [0.25, 0.3) is 0 Å². The molecule has 0 bridgehead atoms. The van der Waals surface area contributed by atoms with Crippen LogP contribution in [0.3, 0.4) is 0 Å². The summed E-state index contributed by atoms with van der Waals surface area (Å²) in [6, 6.07) is 1.97. The van der Waals surface area contributed by atoms with Crippen LogP contribution in [0.1, 0.15) is 37.6 Å². The molecule has 13 heavy (non-hydrogen) atoms. The van der Waals surface area contributed by atoms with Crippen LogP contribution in [0.4, 0.5) is 0 Å². The average Bonchev–Trinajstić information content (AvgIpc) is 2.51. The second-order valence-electron chi connectivity index (χ2n) is 3.32. The zero-order valence-corrected chi connectivity index (χ0v) is 8.47. The van der Waals surface area contributed by atoms with Crippen LogP contribution in [0, 0.1) is 6.92 Å². The molecular formula is C10H18N2O. The molecule has 1 N–H and O–H groups in total. The van der Waals surface area contributed by atoms with Gasteiger partial charge in [0.1, 0.15) is 0 Å². The van der Waals surface area contributed by atoms with Crippen molar-refractivity contribution in [3.8, 4) is 0 Å². The predicted octanol–water partition coefficient (Wildman–Crippen LogP) is 2.26. The fourth-order valence-corrected chi connectivity index (χ4v) is 1.21. The Bertz CT molecular complexity index is 233. The molecule has 0 spiro atoms. The molecule has 1 heterocycles. The lowest BCUT2D eigenvalue weighted by molar-refractivity contribution is 0.369. The summed E-state index contributed by atoms with van der Waals surface area (Å²) in [5, 5.41) is 7.13. The summed E-state index contributed by atoms with van der Waals surface area (Å²) < 4.78 is 5.06. The summed E-state index contributed by atoms with van der Waals surface area (Å²) in [5.41, 5.74) is 0.949. The molecule has 0 unspecified atom stereocenters. The third-order valence-corrected chi connectivity index (χ3v) is 1.93. The second-order valence-corrected chi connectivity index (χ2v) is 3.32. The highest BCUT2D eigenvalue weighted by atomic mass is 16.5. The van der Waals surface area contributed by atoms with Crippen LogP contribution in [0.2, 0.25) is 0 Å². The van der Waals surface area contributed by atoms with Crippen molar-refractivity contribution in [2.45, 2.75) is 39.7 Å². The molecule has 1 rings (SSSR count). The number of hydrogen-bond donors (Lipinski definition) is 1. The Morgan fingerprint density at radius 3 is 2.92 bits per heavy atom. The first-order chi connectivity index (χ1) is 6.33. The molecule has 0 amide bonds. The zero-order chi connectivity index (χ0) is 9.52. The van der Waals surface area contributed by atoms with Crippen LogP contribution in [0.25, 0.3) is 0 Å². The van der Waals surface area contributed by atoms with Gasteiger partial charge in [0, 0.05) is 6.07 Å². The van der Waals surface area contributed by atoms with Gasteiger partial charge in [0.05, 0.1) is 12.2 Å². The highest BCUT2D eigenvalue weighted by Crippen LogP contribution is 2.01. The maximum atomic E-state index is 5.06. The number of aryl methyl sites for hydroxylation is 1. The van der Waals surface area contributed by atoms with Crippen LogP contribution in [0.5, 0.6) is 0 Å². The molecule has 0 fully saturated rings. The lowest BCUT2D eigenvalue weighted by Crippen LogP contribution is -2.13. The summed E-state index contributed by atoms with van der Waals surface area (Å²) in [5.74, 6) is 0.925. The molecule has 0 saturated heterocycles. The van der Waals surface area contributed by atoms with E-state index in [1.165, 1.54) is 19.3 Å². The molecule has 0 aliphatic carbocycles. The topological polar surface area (TPSA) is 38.1 Å². The van der Waals surface area contributed by atoms with Crippen molar-refractivity contribution in [2.75, 3.05) is 6.54 Å². The molecule has 3 nitrogen and oxygen atoms in total. The van der Waals surface area contributed by atoms with Crippen LogP contribution in [0.15, 0.2) is 10.6 Å². The summed E-state index contributed by atoms with van der Waals surface area (Å²) in [7, 11) is 0. The van der Waals surface area contributed by atoms with Gasteiger partial charge in [0.15, 0.2) is 5.76 Å². The van der Waals surface area contributed by atoms with Gasteiger partial charge in [-0.25, -0.2) is 0 Å². The van der Waals surface area contributed by atoms with Gasteiger partial charge in [-0.2, -0.15) is 0 Å². The number of nitrogens with zero attached hydrogens (tertiary/aromatic N) is 1. The predicted molar refractivity (Wildman–Crippen MR) is 52.5 cm³/mol. The Morgan fingerprint density at radius 2 is 2.31 bits per heavy atom. The number of aromatic nitrogens is 1. The van der Waals surface area contributed by atoms with Crippen molar-refractivity contribution < 1.29 is 4.52 Å². The van der Waals surface area contributed by atoms with E-state index >= 15 is 0 Å². The van der Waals surface area contributed by atoms with Gasteiger partial charge in [-0.1, -0.05) is 24.9 Å². The lowest BCUT2D eigenvalue weighted by Gasteiger charge is -1.99. The lowest BCUT2D eigenvalue weighted by atomic mass is 10.2. The summed E-state index contributed by atoms with van der Waals surface area (Å²) >= 11 is 0. The van der Waals surface area contributed by atoms with Gasteiger partial charge in [0.2, 0.25) is 0 Å². The van der Waals surface area contributed by atoms with Gasteiger partial charge in [-0.3, -0.25) is 0 Å². The fourth-order valence-electron chi connectivity index (χ4n) is 1.21. The van der Waals surface area contributed by atoms with E-state index in [0.29, 0.717) is 0 Å². The van der Waals surface area contributed by atoms with E-state index in [4.69, 9.17) is 4.52 Å². The molecule has 1 aromatic rings. The summed E-state index contributed by atoms with van der Waals surface area (Å²) in [6.45, 7) is 6.00. The first-order valence-electron chi connectivity index (χ1n) is 4.96. The zero-order valence-electron chi connectivity index (χ0n) is 8.47. The van der Waals surface area contributed by atoms with Crippen molar-refractivity contribution in [3.05, 3.63) is 17.5 Å². The minimum Gasteiger partial charge on any atom is -0.360 e. The molecule has 0 radical (unpaired) electrons. The van der Waals surface area contributed by atoms with E-state index < -0.39 is 0 Å². The quantitative estimate of drug-likeness (QED) is 0.686. The van der Waals surface area contributed by atoms with Gasteiger partial charge >= 0.3 is 0 Å². The van der Waals surface area contributed by atoms with Gasteiger partial charge in [-0.15, -0.1) is 0 Å². The van der Waals surface area contributed by atoms with E-state index in [0.717, 1.165) is 24.5 Å². The highest BCUT2D eigenvalue weighted by Gasteiger charge is 1.98. The monoisotopic (exact) mass is 182 g/mol. The maximum Gasteiger partial charge on any atom is 0.150 e. The normalized spacial score (nSPS) is 10.6. The number of nitrogens with one attached hydrogen (secondary N) is 1. The smallest absolute Gasteiger partial charge is 0.150 e. The van der Waals surface area contributed by atoms with E-state index in [2.05, 4.69) is 17.4 Å². The van der Waals surface area contributed by atoms with Crippen molar-refractivity contribution >= 4 is 0 Å². The van der Waals surface area contributed by atoms with Crippen LogP contribution < -0.4 is 5.32 Å². The molecule has 0 atom stereocenters. The van der Waals surface area contributed by atoms with Crippen molar-refractivity contribution in [1.29, 1.82) is 0 Å². The summed E-state index contributed by atoms with van der Waals surface area (Å²) in [6.07, 6.45) is 3.80. The number of unbranched alkanes of at least 4 members (excludes halogenated alkanes) is 2. The minimum absolute atomic E-state index is 0.796. The number of rotatable bonds is 6. The SMILES string of the molecule is CCCCCNCc1cc(C)no1. The fraction of sp³-hybridized carbons (Fsp3) is 0.700. The highest BCUT2D eigenvalue weighted by molar-refractivity contribution is 5.02. The molecule has 3 heteroatoms. The van der Waals surface area contributed by atoms with Crippen molar-refractivity contribution in [2.24, 2.45) is 0 Å². The number of hydrogen-bond acceptors (Lipinski definition) is 3. The average molecular weight is 182 g/mol.